The summed E-state index contributed by atoms with van der Waals surface area (Å²) in [5.41, 5.74) is 1.34. The van der Waals surface area contributed by atoms with E-state index in [1.54, 1.807) is 13.1 Å². The first kappa shape index (κ1) is 23.4. The fourth-order valence-electron chi connectivity index (χ4n) is 3.90. The average Bonchev–Trinajstić information content (AvgIpc) is 3.17. The van der Waals surface area contributed by atoms with Gasteiger partial charge in [0.1, 0.15) is 17.1 Å². The largest absolute Gasteiger partial charge is 0.633 e. The quantitative estimate of drug-likeness (QED) is 0.389. The lowest BCUT2D eigenvalue weighted by molar-refractivity contribution is -0.864. The van der Waals surface area contributed by atoms with Crippen LogP contribution in [-0.4, -0.2) is 77.4 Å². The van der Waals surface area contributed by atoms with Crippen molar-refractivity contribution in [1.29, 1.82) is 0 Å². The number of H-pyrrole nitrogens is 2. The van der Waals surface area contributed by atoms with Crippen molar-refractivity contribution in [1.82, 2.24) is 24.5 Å². The zero-order valence-corrected chi connectivity index (χ0v) is 19.7. The van der Waals surface area contributed by atoms with Crippen LogP contribution < -0.4 is 10.3 Å². The topological polar surface area (TPSA) is 144 Å². The van der Waals surface area contributed by atoms with Crippen LogP contribution in [0.5, 0.6) is 5.75 Å². The number of hydrogen-bond acceptors (Lipinski definition) is 7. The van der Waals surface area contributed by atoms with Gasteiger partial charge in [-0.25, -0.2) is 13.4 Å². The molecule has 0 saturated carbocycles. The summed E-state index contributed by atoms with van der Waals surface area (Å²) in [5.74, 6) is 0.608. The monoisotopic (exact) mass is 476 g/mol. The SMILES string of the molecule is CCCc1[nH]nc2c(=O)[nH]c(-c3cc(S(=O)(=O)N4CC[N+](C)([O-])CC4)ccc3OCC)nc12. The van der Waals surface area contributed by atoms with Crippen molar-refractivity contribution < 1.29 is 17.8 Å². The molecule has 0 atom stereocenters. The van der Waals surface area contributed by atoms with Crippen LogP contribution in [0.1, 0.15) is 26.0 Å². The molecule has 0 amide bonds. The minimum absolute atomic E-state index is 0.0478. The molecule has 0 bridgehead atoms. The van der Waals surface area contributed by atoms with Gasteiger partial charge in [0.2, 0.25) is 10.0 Å². The smallest absolute Gasteiger partial charge is 0.279 e. The lowest BCUT2D eigenvalue weighted by atomic mass is 10.1. The van der Waals surface area contributed by atoms with E-state index in [0.29, 0.717) is 29.9 Å². The lowest BCUT2D eigenvalue weighted by Gasteiger charge is -2.44. The summed E-state index contributed by atoms with van der Waals surface area (Å²) in [4.78, 5) is 20.0. The number of hydroxylamine groups is 3. The van der Waals surface area contributed by atoms with Crippen molar-refractivity contribution in [3.8, 4) is 17.1 Å². The molecular weight excluding hydrogens is 448 g/mol. The molecule has 3 aromatic rings. The highest BCUT2D eigenvalue weighted by atomic mass is 32.2. The highest BCUT2D eigenvalue weighted by molar-refractivity contribution is 7.89. The number of nitrogens with zero attached hydrogens (tertiary/aromatic N) is 4. The van der Waals surface area contributed by atoms with Crippen molar-refractivity contribution in [2.45, 2.75) is 31.6 Å². The number of aryl methyl sites for hydroxylation is 1. The number of benzene rings is 1. The van der Waals surface area contributed by atoms with E-state index in [1.807, 2.05) is 13.8 Å². The summed E-state index contributed by atoms with van der Waals surface area (Å²) in [6.45, 7) is 4.84. The zero-order chi connectivity index (χ0) is 23.8. The molecule has 0 aliphatic carbocycles. The number of ether oxygens (including phenoxy) is 1. The Morgan fingerprint density at radius 2 is 1.94 bits per heavy atom. The number of aromatic amines is 2. The van der Waals surface area contributed by atoms with Crippen LogP contribution in [0.4, 0.5) is 0 Å². The number of fused-ring (bicyclic) bond motifs is 1. The summed E-state index contributed by atoms with van der Waals surface area (Å²) >= 11 is 0. The van der Waals surface area contributed by atoms with Crippen LogP contribution in [0.25, 0.3) is 22.4 Å². The number of piperazine rings is 1. The minimum atomic E-state index is -3.84. The summed E-state index contributed by atoms with van der Waals surface area (Å²) in [7, 11) is -2.30. The van der Waals surface area contributed by atoms with Crippen molar-refractivity contribution in [2.24, 2.45) is 0 Å². The first-order valence-corrected chi connectivity index (χ1v) is 12.4. The van der Waals surface area contributed by atoms with E-state index in [9.17, 15) is 18.4 Å². The Morgan fingerprint density at radius 3 is 2.61 bits per heavy atom. The molecule has 1 aliphatic rings. The molecule has 12 heteroatoms. The minimum Gasteiger partial charge on any atom is -0.633 e. The number of sulfonamides is 1. The molecular formula is C21H28N6O5S. The second kappa shape index (κ2) is 8.86. The maximum Gasteiger partial charge on any atom is 0.279 e. The van der Waals surface area contributed by atoms with Crippen molar-refractivity contribution in [2.75, 3.05) is 39.8 Å². The predicted octanol–water partition coefficient (Wildman–Crippen LogP) is 1.61. The number of likely N-dealkylation sites (N-methyl/N-ethyl adjacent to an activating group) is 1. The maximum absolute atomic E-state index is 13.3. The molecule has 33 heavy (non-hydrogen) atoms. The maximum atomic E-state index is 13.3. The number of aromatic nitrogens is 4. The van der Waals surface area contributed by atoms with E-state index in [1.165, 1.54) is 16.4 Å². The van der Waals surface area contributed by atoms with Crippen LogP contribution >= 0.6 is 0 Å². The average molecular weight is 477 g/mol. The summed E-state index contributed by atoms with van der Waals surface area (Å²) < 4.78 is 33.2. The highest BCUT2D eigenvalue weighted by Crippen LogP contribution is 2.32. The molecule has 1 fully saturated rings. The zero-order valence-electron chi connectivity index (χ0n) is 18.9. The Kier molecular flexibility index (Phi) is 6.27. The third-order valence-electron chi connectivity index (χ3n) is 5.77. The van der Waals surface area contributed by atoms with Crippen molar-refractivity contribution >= 4 is 21.1 Å². The van der Waals surface area contributed by atoms with Gasteiger partial charge in [-0.15, -0.1) is 0 Å². The number of rotatable bonds is 7. The standard InChI is InChI=1S/C21H28N6O5S/c1-4-6-16-18-19(25-24-16)21(28)23-20(22-18)15-13-14(7-8-17(15)32-5-2)33(30,31)26-9-11-27(3,29)12-10-26/h7-8,13H,4-6,9-12H2,1-3H3,(H,24,25)(H,22,23,28). The van der Waals surface area contributed by atoms with Gasteiger partial charge in [0.15, 0.2) is 5.52 Å². The van der Waals surface area contributed by atoms with E-state index in [4.69, 9.17) is 4.74 Å². The molecule has 2 aromatic heterocycles. The second-order valence-corrected chi connectivity index (χ2v) is 10.2. The van der Waals surface area contributed by atoms with E-state index >= 15 is 0 Å². The summed E-state index contributed by atoms with van der Waals surface area (Å²) in [5, 5.41) is 19.1. The van der Waals surface area contributed by atoms with E-state index < -0.39 is 20.2 Å². The molecule has 1 saturated heterocycles. The Bertz CT molecular complexity index is 1320. The normalized spacial score (nSPS) is 16.8. The highest BCUT2D eigenvalue weighted by Gasteiger charge is 2.32. The fourth-order valence-corrected chi connectivity index (χ4v) is 5.35. The molecule has 178 valence electrons. The molecule has 0 unspecified atom stereocenters. The first-order valence-electron chi connectivity index (χ1n) is 11.0. The van der Waals surface area contributed by atoms with E-state index in [0.717, 1.165) is 12.1 Å². The third-order valence-corrected chi connectivity index (χ3v) is 7.67. The van der Waals surface area contributed by atoms with Gasteiger partial charge >= 0.3 is 0 Å². The van der Waals surface area contributed by atoms with Crippen molar-refractivity contribution in [3.63, 3.8) is 0 Å². The first-order chi connectivity index (χ1) is 15.7. The molecule has 1 aromatic carbocycles. The third kappa shape index (κ3) is 4.51. The van der Waals surface area contributed by atoms with Gasteiger partial charge in [0.25, 0.3) is 5.56 Å². The number of nitrogens with one attached hydrogen (secondary N) is 2. The number of quaternary nitrogens is 1. The van der Waals surface area contributed by atoms with E-state index in [2.05, 4.69) is 20.2 Å². The van der Waals surface area contributed by atoms with Gasteiger partial charge in [0.05, 0.1) is 56.0 Å². The van der Waals surface area contributed by atoms with Crippen LogP contribution in [0.2, 0.25) is 0 Å². The van der Waals surface area contributed by atoms with Crippen LogP contribution in [0, 0.1) is 5.21 Å². The molecule has 3 heterocycles. The summed E-state index contributed by atoms with van der Waals surface area (Å²) in [6, 6.07) is 4.50. The number of hydrogen-bond donors (Lipinski definition) is 2. The van der Waals surface area contributed by atoms with Crippen LogP contribution in [0.3, 0.4) is 0 Å². The molecule has 11 nitrogen and oxygen atoms in total. The van der Waals surface area contributed by atoms with E-state index in [-0.39, 0.29) is 42.4 Å². The molecule has 1 aliphatic heterocycles. The summed E-state index contributed by atoms with van der Waals surface area (Å²) in [6.07, 6.45) is 1.52. The van der Waals surface area contributed by atoms with Gasteiger partial charge in [0, 0.05) is 0 Å². The van der Waals surface area contributed by atoms with Gasteiger partial charge in [-0.05, 0) is 31.5 Å². The Balaban J connectivity index is 1.81. The van der Waals surface area contributed by atoms with Crippen LogP contribution in [-0.2, 0) is 16.4 Å². The predicted molar refractivity (Wildman–Crippen MR) is 123 cm³/mol. The molecule has 4 rings (SSSR count). The van der Waals surface area contributed by atoms with Gasteiger partial charge in [-0.1, -0.05) is 13.3 Å². The lowest BCUT2D eigenvalue weighted by Crippen LogP contribution is -2.54. The fraction of sp³-hybridized carbons (Fsp3) is 0.476. The van der Waals surface area contributed by atoms with Crippen LogP contribution in [0.15, 0.2) is 27.9 Å². The Hall–Kier alpha value is -2.80. The van der Waals surface area contributed by atoms with Gasteiger partial charge in [-0.2, -0.15) is 9.40 Å². The Labute approximate surface area is 191 Å². The molecule has 0 spiro atoms. The van der Waals surface area contributed by atoms with Gasteiger partial charge in [-0.3, -0.25) is 9.89 Å². The molecule has 0 radical (unpaired) electrons. The van der Waals surface area contributed by atoms with Crippen molar-refractivity contribution in [3.05, 3.63) is 39.5 Å². The Morgan fingerprint density at radius 1 is 1.21 bits per heavy atom. The van der Waals surface area contributed by atoms with Gasteiger partial charge < -0.3 is 19.6 Å². The molecule has 2 N–H and O–H groups in total. The second-order valence-electron chi connectivity index (χ2n) is 8.30.